The molecule has 0 aliphatic heterocycles. The van der Waals surface area contributed by atoms with Crippen molar-refractivity contribution in [1.29, 1.82) is 0 Å². The van der Waals surface area contributed by atoms with Crippen LogP contribution >= 0.6 is 0 Å². The third kappa shape index (κ3) is 6.51. The van der Waals surface area contributed by atoms with Crippen LogP contribution in [0.15, 0.2) is 127 Å². The molecule has 0 heterocycles. The van der Waals surface area contributed by atoms with Gasteiger partial charge in [0.25, 0.3) is 0 Å². The average Bonchev–Trinajstić information content (AvgIpc) is 3.02. The van der Waals surface area contributed by atoms with Gasteiger partial charge in [-0.3, -0.25) is 0 Å². The predicted octanol–water partition coefficient (Wildman–Crippen LogP) is 5.19. The third-order valence-corrected chi connectivity index (χ3v) is 15.7. The molecule has 0 aromatic heterocycles. The molecular weight excluding hydrogens is 748 g/mol. The van der Waals surface area contributed by atoms with E-state index in [-0.39, 0.29) is 19.8 Å². The molecule has 214 valence electrons. The summed E-state index contributed by atoms with van der Waals surface area (Å²) in [5.74, 6) is -4.55. The first kappa shape index (κ1) is 29.3. The SMILES string of the molecule is O=C([O][Pb]([O]C(=O)c1ccccc1O)([O]C(=O)c1ccccc1O)[c]1ccc(-c2ccccc2)cc1)c1ccccc1O. The number of carbonyl (C=O) groups is 3. The minimum atomic E-state index is -6.24. The molecule has 0 spiro atoms. The molecule has 0 radical (unpaired) electrons. The minimum absolute atomic E-state index is 0.114. The first-order valence-electron chi connectivity index (χ1n) is 13.0. The van der Waals surface area contributed by atoms with Gasteiger partial charge in [0.15, 0.2) is 0 Å². The summed E-state index contributed by atoms with van der Waals surface area (Å²) in [7, 11) is 0. The number of phenols is 3. The Hall–Kier alpha value is -5.17. The summed E-state index contributed by atoms with van der Waals surface area (Å²) in [4.78, 5) is 40.5. The van der Waals surface area contributed by atoms with Gasteiger partial charge in [-0.15, -0.1) is 0 Å². The number of carbonyl (C=O) groups excluding carboxylic acids is 3. The quantitative estimate of drug-likeness (QED) is 0.182. The molecule has 43 heavy (non-hydrogen) atoms. The molecule has 3 N–H and O–H groups in total. The predicted molar refractivity (Wildman–Crippen MR) is 158 cm³/mol. The molecule has 0 saturated carbocycles. The van der Waals surface area contributed by atoms with Crippen LogP contribution in [0.25, 0.3) is 11.1 Å². The van der Waals surface area contributed by atoms with Gasteiger partial charge in [-0.05, 0) is 0 Å². The van der Waals surface area contributed by atoms with Crippen LogP contribution < -0.4 is 3.12 Å². The van der Waals surface area contributed by atoms with Gasteiger partial charge in [-0.25, -0.2) is 0 Å². The molecule has 0 aliphatic carbocycles. The van der Waals surface area contributed by atoms with Gasteiger partial charge >= 0.3 is 254 Å². The monoisotopic (exact) mass is 772 g/mol. The number of hydrogen-bond acceptors (Lipinski definition) is 9. The molecule has 9 nitrogen and oxygen atoms in total. The average molecular weight is 772 g/mol. The fourth-order valence-corrected chi connectivity index (χ4v) is 12.4. The van der Waals surface area contributed by atoms with Gasteiger partial charge in [0.1, 0.15) is 0 Å². The van der Waals surface area contributed by atoms with Gasteiger partial charge < -0.3 is 0 Å². The Morgan fingerprint density at radius 1 is 0.419 bits per heavy atom. The van der Waals surface area contributed by atoms with Crippen molar-refractivity contribution in [3.63, 3.8) is 0 Å². The Morgan fingerprint density at radius 3 is 1.12 bits per heavy atom. The van der Waals surface area contributed by atoms with Crippen molar-refractivity contribution in [3.8, 4) is 28.4 Å². The topological polar surface area (TPSA) is 140 Å². The van der Waals surface area contributed by atoms with Gasteiger partial charge in [-0.1, -0.05) is 0 Å². The Kier molecular flexibility index (Phi) is 8.72. The van der Waals surface area contributed by atoms with Crippen LogP contribution in [0, 0.1) is 0 Å². The van der Waals surface area contributed by atoms with E-state index >= 15 is 0 Å². The molecule has 0 fully saturated rings. The Bertz CT molecular complexity index is 1640. The summed E-state index contributed by atoms with van der Waals surface area (Å²) >= 11 is -6.24. The van der Waals surface area contributed by atoms with Gasteiger partial charge in [0.05, 0.1) is 0 Å². The second kappa shape index (κ2) is 12.8. The zero-order valence-electron chi connectivity index (χ0n) is 22.4. The van der Waals surface area contributed by atoms with Crippen molar-refractivity contribution in [2.24, 2.45) is 0 Å². The van der Waals surface area contributed by atoms with Crippen LogP contribution in [0.1, 0.15) is 31.1 Å². The first-order chi connectivity index (χ1) is 20.8. The Morgan fingerprint density at radius 2 is 0.744 bits per heavy atom. The van der Waals surface area contributed by atoms with Crippen molar-refractivity contribution < 1.29 is 37.8 Å². The molecule has 0 atom stereocenters. The van der Waals surface area contributed by atoms with Crippen molar-refractivity contribution in [3.05, 3.63) is 144 Å². The molecular formula is C33H24O9Pb. The van der Waals surface area contributed by atoms with E-state index in [9.17, 15) is 29.7 Å². The van der Waals surface area contributed by atoms with Crippen LogP contribution in [0.4, 0.5) is 0 Å². The fourth-order valence-electron chi connectivity index (χ4n) is 4.21. The molecule has 0 saturated heterocycles. The number of aromatic hydroxyl groups is 3. The van der Waals surface area contributed by atoms with Crippen LogP contribution in [0.5, 0.6) is 17.2 Å². The summed E-state index contributed by atoms with van der Waals surface area (Å²) < 4.78 is 17.7. The van der Waals surface area contributed by atoms with Crippen LogP contribution in [-0.2, 0) is 8.06 Å². The standard InChI is InChI=1S/C12H9.3C7H6O3.Pb/c1-3-7-11(8-4-1)12-9-5-2-6-10-12;3*8-6-4-2-1-3-5(6)7(9)10;/h1,3-10H;3*1-4,8H,(H,9,10);/q;;;;+3/p-3. The van der Waals surface area contributed by atoms with Crippen molar-refractivity contribution in [1.82, 2.24) is 0 Å². The molecule has 0 amide bonds. The second-order valence-corrected chi connectivity index (χ2v) is 18.2. The van der Waals surface area contributed by atoms with E-state index in [0.29, 0.717) is 0 Å². The van der Waals surface area contributed by atoms with Crippen LogP contribution in [-0.4, -0.2) is 55.8 Å². The van der Waals surface area contributed by atoms with E-state index in [2.05, 4.69) is 0 Å². The molecule has 5 aromatic carbocycles. The normalized spacial score (nSPS) is 10.9. The number of para-hydroxylation sites is 3. The number of hydrogen-bond donors (Lipinski definition) is 3. The van der Waals surface area contributed by atoms with Crippen molar-refractivity contribution in [2.45, 2.75) is 0 Å². The number of rotatable bonds is 8. The van der Waals surface area contributed by atoms with E-state index in [1.165, 1.54) is 84.9 Å². The second-order valence-electron chi connectivity index (χ2n) is 9.22. The van der Waals surface area contributed by atoms with Gasteiger partial charge in [0, 0.05) is 0 Å². The van der Waals surface area contributed by atoms with E-state index in [0.717, 1.165) is 11.1 Å². The Balaban J connectivity index is 1.66. The zero-order chi connectivity index (χ0) is 30.4. The summed E-state index contributed by atoms with van der Waals surface area (Å²) in [6.07, 6.45) is 0. The zero-order valence-corrected chi connectivity index (χ0v) is 26.3. The fraction of sp³-hybridized carbons (Fsp3) is 0. The number of benzene rings is 5. The summed E-state index contributed by atoms with van der Waals surface area (Å²) in [5, 5.41) is 31.0. The van der Waals surface area contributed by atoms with E-state index in [4.69, 9.17) is 8.06 Å². The van der Waals surface area contributed by atoms with Crippen LogP contribution in [0.3, 0.4) is 0 Å². The molecule has 0 bridgehead atoms. The third-order valence-electron chi connectivity index (χ3n) is 6.40. The van der Waals surface area contributed by atoms with Crippen molar-refractivity contribution in [2.75, 3.05) is 0 Å². The molecule has 10 heteroatoms. The van der Waals surface area contributed by atoms with Crippen LogP contribution in [0.2, 0.25) is 0 Å². The van der Waals surface area contributed by atoms with E-state index in [1.54, 1.807) is 12.1 Å². The Labute approximate surface area is 252 Å². The maximum atomic E-state index is 13.5. The van der Waals surface area contributed by atoms with E-state index < -0.39 is 57.7 Å². The molecule has 5 aromatic rings. The number of phenolic OH excluding ortho intramolecular Hbond substituents is 3. The van der Waals surface area contributed by atoms with E-state index in [1.807, 2.05) is 30.3 Å². The summed E-state index contributed by atoms with van der Waals surface area (Å²) in [5.41, 5.74) is 0.873. The first-order valence-corrected chi connectivity index (χ1v) is 19.7. The molecule has 0 unspecified atom stereocenters. The van der Waals surface area contributed by atoms with Gasteiger partial charge in [0.2, 0.25) is 0 Å². The molecule has 5 rings (SSSR count). The van der Waals surface area contributed by atoms with Crippen molar-refractivity contribution >= 4 is 43.6 Å². The summed E-state index contributed by atoms with van der Waals surface area (Å²) in [6.45, 7) is 0. The van der Waals surface area contributed by atoms with Gasteiger partial charge in [-0.2, -0.15) is 0 Å². The maximum absolute atomic E-state index is 13.5. The summed E-state index contributed by atoms with van der Waals surface area (Å²) in [6, 6.07) is 32.5. The molecule has 0 aliphatic rings.